The molecule has 1 amide bonds. The second kappa shape index (κ2) is 7.75. The molecule has 1 aliphatic heterocycles. The van der Waals surface area contributed by atoms with Crippen molar-refractivity contribution in [3.63, 3.8) is 0 Å². The lowest BCUT2D eigenvalue weighted by Gasteiger charge is -2.36. The Morgan fingerprint density at radius 3 is 2.67 bits per heavy atom. The van der Waals surface area contributed by atoms with Gasteiger partial charge < -0.3 is 15.1 Å². The highest BCUT2D eigenvalue weighted by molar-refractivity contribution is 9.10. The van der Waals surface area contributed by atoms with Gasteiger partial charge in [-0.3, -0.25) is 4.79 Å². The van der Waals surface area contributed by atoms with Crippen LogP contribution in [-0.4, -0.2) is 54.6 Å². The predicted molar refractivity (Wildman–Crippen MR) is 88.5 cm³/mol. The van der Waals surface area contributed by atoms with Gasteiger partial charge in [0.25, 0.3) is 0 Å². The van der Waals surface area contributed by atoms with Crippen LogP contribution < -0.4 is 10.2 Å². The van der Waals surface area contributed by atoms with Gasteiger partial charge >= 0.3 is 0 Å². The number of nitrogens with one attached hydrogen (secondary N) is 1. The van der Waals surface area contributed by atoms with Gasteiger partial charge in [0.2, 0.25) is 5.91 Å². The summed E-state index contributed by atoms with van der Waals surface area (Å²) in [4.78, 5) is 20.8. The molecular formula is C15H23BrN4O. The SMILES string of the molecule is CCNC(C)CC(=O)N1CCN(c2ccc(Br)cn2)CC1. The Morgan fingerprint density at radius 2 is 2.10 bits per heavy atom. The van der Waals surface area contributed by atoms with E-state index < -0.39 is 0 Å². The number of aromatic nitrogens is 1. The minimum Gasteiger partial charge on any atom is -0.353 e. The van der Waals surface area contributed by atoms with Crippen molar-refractivity contribution < 1.29 is 4.79 Å². The van der Waals surface area contributed by atoms with E-state index in [1.807, 2.05) is 23.2 Å². The molecule has 2 rings (SSSR count). The summed E-state index contributed by atoms with van der Waals surface area (Å²) in [6.45, 7) is 8.25. The Morgan fingerprint density at radius 1 is 1.38 bits per heavy atom. The van der Waals surface area contributed by atoms with Gasteiger partial charge in [0.1, 0.15) is 5.82 Å². The predicted octanol–water partition coefficient (Wildman–Crippen LogP) is 1.88. The summed E-state index contributed by atoms with van der Waals surface area (Å²) in [5.74, 6) is 1.22. The number of halogens is 1. The molecule has 6 heteroatoms. The van der Waals surface area contributed by atoms with Gasteiger partial charge in [0, 0.05) is 49.3 Å². The van der Waals surface area contributed by atoms with Crippen LogP contribution in [0, 0.1) is 0 Å². The number of nitrogens with zero attached hydrogens (tertiary/aromatic N) is 3. The van der Waals surface area contributed by atoms with E-state index in [1.165, 1.54) is 0 Å². The number of piperazine rings is 1. The van der Waals surface area contributed by atoms with Crippen LogP contribution in [0.15, 0.2) is 22.8 Å². The molecule has 0 bridgehead atoms. The van der Waals surface area contributed by atoms with Crippen molar-refractivity contribution in [2.75, 3.05) is 37.6 Å². The van der Waals surface area contributed by atoms with Crippen LogP contribution >= 0.6 is 15.9 Å². The van der Waals surface area contributed by atoms with Crippen molar-refractivity contribution in [3.8, 4) is 0 Å². The first-order valence-electron chi connectivity index (χ1n) is 7.47. The van der Waals surface area contributed by atoms with Crippen LogP contribution in [0.4, 0.5) is 5.82 Å². The molecule has 1 unspecified atom stereocenters. The van der Waals surface area contributed by atoms with E-state index in [1.54, 1.807) is 0 Å². The maximum atomic E-state index is 12.2. The highest BCUT2D eigenvalue weighted by Gasteiger charge is 2.22. The average molecular weight is 355 g/mol. The number of pyridine rings is 1. The lowest BCUT2D eigenvalue weighted by atomic mass is 10.2. The molecule has 1 atom stereocenters. The first-order chi connectivity index (χ1) is 10.1. The number of rotatable bonds is 5. The van der Waals surface area contributed by atoms with Crippen molar-refractivity contribution in [2.45, 2.75) is 26.3 Å². The van der Waals surface area contributed by atoms with Gasteiger partial charge in [-0.15, -0.1) is 0 Å². The zero-order chi connectivity index (χ0) is 15.2. The maximum Gasteiger partial charge on any atom is 0.224 e. The van der Waals surface area contributed by atoms with E-state index in [0.29, 0.717) is 6.42 Å². The molecule has 0 saturated carbocycles. The fourth-order valence-electron chi connectivity index (χ4n) is 2.55. The van der Waals surface area contributed by atoms with Gasteiger partial charge in [-0.2, -0.15) is 0 Å². The lowest BCUT2D eigenvalue weighted by molar-refractivity contribution is -0.131. The number of carbonyl (C=O) groups is 1. The Balaban J connectivity index is 1.82. The quantitative estimate of drug-likeness (QED) is 0.876. The van der Waals surface area contributed by atoms with Crippen molar-refractivity contribution in [1.29, 1.82) is 0 Å². The first kappa shape index (κ1) is 16.2. The van der Waals surface area contributed by atoms with E-state index in [2.05, 4.69) is 45.0 Å². The molecule has 116 valence electrons. The third-order valence-corrected chi connectivity index (χ3v) is 4.17. The fourth-order valence-corrected chi connectivity index (χ4v) is 2.79. The minimum atomic E-state index is 0.242. The lowest BCUT2D eigenvalue weighted by Crippen LogP contribution is -2.50. The smallest absolute Gasteiger partial charge is 0.224 e. The van der Waals surface area contributed by atoms with Crippen LogP contribution in [0.25, 0.3) is 0 Å². The van der Waals surface area contributed by atoms with Crippen LogP contribution in [0.5, 0.6) is 0 Å². The molecule has 5 nitrogen and oxygen atoms in total. The standard InChI is InChI=1S/C15H23BrN4O/c1-3-17-12(2)10-15(21)20-8-6-19(7-9-20)14-5-4-13(16)11-18-14/h4-5,11-12,17H,3,6-10H2,1-2H3. The normalized spacial score (nSPS) is 16.9. The summed E-state index contributed by atoms with van der Waals surface area (Å²) in [7, 11) is 0. The Labute approximate surface area is 134 Å². The van der Waals surface area contributed by atoms with E-state index in [0.717, 1.165) is 43.0 Å². The van der Waals surface area contributed by atoms with Gasteiger partial charge in [-0.1, -0.05) is 6.92 Å². The summed E-state index contributed by atoms with van der Waals surface area (Å²) in [6.07, 6.45) is 2.38. The molecule has 0 aliphatic carbocycles. The molecule has 1 aromatic heterocycles. The number of hydrogen-bond acceptors (Lipinski definition) is 4. The number of carbonyl (C=O) groups excluding carboxylic acids is 1. The number of amides is 1. The molecule has 0 aromatic carbocycles. The highest BCUT2D eigenvalue weighted by Crippen LogP contribution is 2.16. The monoisotopic (exact) mass is 354 g/mol. The van der Waals surface area contributed by atoms with Crippen molar-refractivity contribution >= 4 is 27.7 Å². The van der Waals surface area contributed by atoms with Crippen molar-refractivity contribution in [3.05, 3.63) is 22.8 Å². The minimum absolute atomic E-state index is 0.242. The molecule has 1 N–H and O–H groups in total. The summed E-state index contributed by atoms with van der Waals surface area (Å²) in [5.41, 5.74) is 0. The van der Waals surface area contributed by atoms with E-state index in [9.17, 15) is 4.79 Å². The molecule has 1 fully saturated rings. The number of hydrogen-bond donors (Lipinski definition) is 1. The molecule has 1 aliphatic rings. The third-order valence-electron chi connectivity index (χ3n) is 3.70. The summed E-state index contributed by atoms with van der Waals surface area (Å²) < 4.78 is 0.984. The maximum absolute atomic E-state index is 12.2. The Hall–Kier alpha value is -1.14. The molecule has 1 aromatic rings. The van der Waals surface area contributed by atoms with Gasteiger partial charge in [-0.05, 0) is 41.5 Å². The zero-order valence-corrected chi connectivity index (χ0v) is 14.3. The Bertz CT molecular complexity index is 457. The molecule has 1 saturated heterocycles. The number of anilines is 1. The fraction of sp³-hybridized carbons (Fsp3) is 0.600. The van der Waals surface area contributed by atoms with Crippen LogP contribution in [0.3, 0.4) is 0 Å². The summed E-state index contributed by atoms with van der Waals surface area (Å²) in [5, 5.41) is 3.28. The van der Waals surface area contributed by atoms with Crippen molar-refractivity contribution in [2.24, 2.45) is 0 Å². The van der Waals surface area contributed by atoms with E-state index in [-0.39, 0.29) is 11.9 Å². The molecule has 2 heterocycles. The van der Waals surface area contributed by atoms with Crippen LogP contribution in [-0.2, 0) is 4.79 Å². The average Bonchev–Trinajstić information content (AvgIpc) is 2.48. The molecular weight excluding hydrogens is 332 g/mol. The second-order valence-electron chi connectivity index (χ2n) is 5.37. The largest absolute Gasteiger partial charge is 0.353 e. The van der Waals surface area contributed by atoms with Crippen molar-refractivity contribution in [1.82, 2.24) is 15.2 Å². The van der Waals surface area contributed by atoms with Crippen LogP contribution in [0.1, 0.15) is 20.3 Å². The topological polar surface area (TPSA) is 48.5 Å². The van der Waals surface area contributed by atoms with Gasteiger partial charge in [0.15, 0.2) is 0 Å². The van der Waals surface area contributed by atoms with Gasteiger partial charge in [-0.25, -0.2) is 4.98 Å². The summed E-state index contributed by atoms with van der Waals surface area (Å²) in [6, 6.07) is 4.25. The van der Waals surface area contributed by atoms with Gasteiger partial charge in [0.05, 0.1) is 0 Å². The molecule has 21 heavy (non-hydrogen) atoms. The van der Waals surface area contributed by atoms with Crippen LogP contribution in [0.2, 0.25) is 0 Å². The first-order valence-corrected chi connectivity index (χ1v) is 8.27. The highest BCUT2D eigenvalue weighted by atomic mass is 79.9. The second-order valence-corrected chi connectivity index (χ2v) is 6.28. The molecule has 0 radical (unpaired) electrons. The zero-order valence-electron chi connectivity index (χ0n) is 12.7. The van der Waals surface area contributed by atoms with E-state index >= 15 is 0 Å². The summed E-state index contributed by atoms with van der Waals surface area (Å²) >= 11 is 3.39. The third kappa shape index (κ3) is 4.68. The Kier molecular flexibility index (Phi) is 5.99. The van der Waals surface area contributed by atoms with E-state index in [4.69, 9.17) is 0 Å². The molecule has 0 spiro atoms.